The minimum atomic E-state index is -0.616. The maximum Gasteiger partial charge on any atom is 0.495 e. The molecular weight excluding hydrogens is 1760 g/mol. The summed E-state index contributed by atoms with van der Waals surface area (Å²) >= 11 is 6.14. The molecule has 4 aliphatic carbocycles. The van der Waals surface area contributed by atoms with E-state index in [1.807, 2.05) is 97.1 Å². The van der Waals surface area contributed by atoms with E-state index in [9.17, 15) is 0 Å². The third kappa shape index (κ3) is 14.2. The molecule has 0 amide bonds. The van der Waals surface area contributed by atoms with Crippen LogP contribution in [0.2, 0.25) is 5.28 Å². The largest absolute Gasteiger partial charge is 0.495 e. The summed E-state index contributed by atoms with van der Waals surface area (Å²) in [6.45, 7) is 18.0. The molecule has 10 nitrogen and oxygen atoms in total. The molecule has 2 spiro atoms. The Hall–Kier alpha value is -16.2. The maximum absolute atomic E-state index is 6.81. The Labute approximate surface area is 831 Å². The number of fused-ring (bicyclic) bond motifs is 24. The lowest BCUT2D eigenvalue weighted by molar-refractivity contribution is 0.00578. The standard InChI is InChI=1S/C61H41N3O.C46H39BO3.C21H14ClN3.CH4.FH/c1-60(2)49-28-10-12-30-51(49)61(52-31-13-11-29-50(52)60)48-35-34-41(43-25-16-26-45-44-24-9-14-33-54(44)65-56(43)45)37-47(48)55-46(27-17-32-53(55)61)59-63-57(39-20-7-4-8-21-39)62-58(64-59)42-23-15-22-40(36-42)38-18-5-3-6-19-38;1-43(2)34-18-8-10-20-36(34)46(37-21-11-9-19-35(37)43)33-26-25-28(29-16-13-17-31-30-15-7-12-24-40(30)48-42(29)31)27-32(33)41-38(46)22-14-23-39(41)47-49-44(3,4)45(5,6)50-47;22-21-24-19(16-10-5-2-6-11-16)23-20(25-21)18-13-7-12-17(14-18)15-8-3-1-4-9-15;;/h3-37H,1-2H3;7-27H,1-6H3;1-14H;1H4;1H. The van der Waals surface area contributed by atoms with Crippen LogP contribution in [0.3, 0.4) is 0 Å². The number of rotatable bonds is 10. The Balaban J connectivity index is 0.000000129. The topological polar surface area (TPSA) is 122 Å². The molecule has 22 aromatic rings. The zero-order valence-electron chi connectivity index (χ0n) is 79.1. The van der Waals surface area contributed by atoms with E-state index in [4.69, 9.17) is 44.7 Å². The Morgan fingerprint density at radius 1 is 0.225 bits per heavy atom. The van der Waals surface area contributed by atoms with E-state index in [0.717, 1.165) is 133 Å². The molecule has 18 aromatic carbocycles. The molecular formula is C129H99BClFN6O4. The van der Waals surface area contributed by atoms with E-state index in [1.165, 1.54) is 77.9 Å². The van der Waals surface area contributed by atoms with Gasteiger partial charge in [-0.05, 0) is 204 Å². The Morgan fingerprint density at radius 3 is 0.965 bits per heavy atom. The van der Waals surface area contributed by atoms with Crippen LogP contribution in [-0.2, 0) is 31.0 Å². The minimum Gasteiger partial charge on any atom is -0.455 e. The third-order valence-electron chi connectivity index (χ3n) is 30.3. The first kappa shape index (κ1) is 89.7. The number of furan rings is 2. The van der Waals surface area contributed by atoms with Crippen molar-refractivity contribution in [3.63, 3.8) is 0 Å². The van der Waals surface area contributed by atoms with Gasteiger partial charge in [-0.1, -0.05) is 423 Å². The smallest absolute Gasteiger partial charge is 0.455 e. The number of hydrogen-bond acceptors (Lipinski definition) is 10. The van der Waals surface area contributed by atoms with Crippen molar-refractivity contribution in [1.82, 2.24) is 29.9 Å². The highest BCUT2D eigenvalue weighted by Gasteiger charge is 2.59. The number of para-hydroxylation sites is 4. The van der Waals surface area contributed by atoms with Gasteiger partial charge in [-0.15, -0.1) is 0 Å². The van der Waals surface area contributed by atoms with Gasteiger partial charge in [0.25, 0.3) is 0 Å². The summed E-state index contributed by atoms with van der Waals surface area (Å²) in [5.41, 5.74) is 36.0. The lowest BCUT2D eigenvalue weighted by Gasteiger charge is -2.46. The van der Waals surface area contributed by atoms with Crippen molar-refractivity contribution in [2.24, 2.45) is 0 Å². The van der Waals surface area contributed by atoms with Gasteiger partial charge in [-0.25, -0.2) is 19.9 Å². The Bertz CT molecular complexity index is 8640. The van der Waals surface area contributed by atoms with Crippen molar-refractivity contribution in [2.45, 2.75) is 95.7 Å². The Morgan fingerprint density at radius 2 is 0.528 bits per heavy atom. The SMILES string of the molecule is C.CC1(C)c2ccccc2C2(c3ccc(-c4cccc5c4oc4ccccc45)cc3-c3c(-c4nc(-c5ccccc5)nc(-c5cccc(-c6ccccc6)c5)n4)cccc32)c2ccccc21.CC1(C)c2ccccc2C2(c3ccc(-c4cccc5c4oc4ccccc45)cc3-c3c(B4OC(C)(C)C(C)(C)O4)cccc32)c2ccccc21.Clc1nc(-c2ccccc2)nc(-c2cccc(-c3ccccc3)c2)n1.F. The molecule has 1 aliphatic heterocycles. The van der Waals surface area contributed by atoms with Crippen LogP contribution in [0.4, 0.5) is 4.70 Å². The van der Waals surface area contributed by atoms with Crippen LogP contribution in [-0.4, -0.2) is 48.2 Å². The van der Waals surface area contributed by atoms with E-state index in [1.54, 1.807) is 0 Å². The van der Waals surface area contributed by atoms with Crippen LogP contribution in [0.5, 0.6) is 0 Å². The summed E-state index contributed by atoms with van der Waals surface area (Å²) in [5, 5.41) is 4.68. The fraction of sp³-hybridized carbons (Fsp3) is 0.116. The van der Waals surface area contributed by atoms with Gasteiger partial charge in [-0.2, -0.15) is 9.97 Å². The van der Waals surface area contributed by atoms with Crippen molar-refractivity contribution >= 4 is 68.1 Å². The zero-order chi connectivity index (χ0) is 94.5. The lowest BCUT2D eigenvalue weighted by atomic mass is 9.55. The van der Waals surface area contributed by atoms with Gasteiger partial charge in [0.1, 0.15) is 22.3 Å². The van der Waals surface area contributed by atoms with Crippen LogP contribution in [0.25, 0.3) is 168 Å². The van der Waals surface area contributed by atoms with Crippen molar-refractivity contribution in [1.29, 1.82) is 0 Å². The molecule has 1 fully saturated rings. The van der Waals surface area contributed by atoms with E-state index >= 15 is 0 Å². The highest BCUT2D eigenvalue weighted by atomic mass is 35.5. The number of nitrogens with zero attached hydrogens (tertiary/aromatic N) is 6. The Kier molecular flexibility index (Phi) is 21.9. The van der Waals surface area contributed by atoms with E-state index in [-0.39, 0.29) is 28.2 Å². The van der Waals surface area contributed by atoms with Crippen molar-refractivity contribution in [3.05, 3.63) is 497 Å². The first-order chi connectivity index (χ1) is 68.3. The second-order valence-corrected chi connectivity index (χ2v) is 39.6. The number of hydrogen-bond donors (Lipinski definition) is 0. The van der Waals surface area contributed by atoms with Crippen LogP contribution in [0, 0.1) is 0 Å². The van der Waals surface area contributed by atoms with Gasteiger partial charge >= 0.3 is 7.12 Å². The molecule has 0 atom stereocenters. The van der Waals surface area contributed by atoms with E-state index < -0.39 is 29.2 Å². The molecule has 5 heterocycles. The fourth-order valence-electron chi connectivity index (χ4n) is 23.1. The predicted octanol–water partition coefficient (Wildman–Crippen LogP) is 32.0. The third-order valence-corrected chi connectivity index (χ3v) is 30.5. The van der Waals surface area contributed by atoms with E-state index in [0.29, 0.717) is 29.1 Å². The monoisotopic (exact) mass is 1860 g/mol. The van der Waals surface area contributed by atoms with E-state index in [2.05, 4.69) is 398 Å². The molecule has 0 bridgehead atoms. The van der Waals surface area contributed by atoms with Crippen molar-refractivity contribution in [2.75, 3.05) is 0 Å². The molecule has 686 valence electrons. The summed E-state index contributed by atoms with van der Waals surface area (Å²) in [5.74, 6) is 3.01. The average Bonchev–Trinajstić information content (AvgIpc) is 1.50. The van der Waals surface area contributed by atoms with Crippen LogP contribution in [0.1, 0.15) is 130 Å². The number of halogens is 2. The van der Waals surface area contributed by atoms with Crippen molar-refractivity contribution in [3.8, 4) is 124 Å². The van der Waals surface area contributed by atoms with Crippen LogP contribution >= 0.6 is 11.6 Å². The second kappa shape index (κ2) is 34.7. The molecule has 142 heavy (non-hydrogen) atoms. The average molecular weight is 1860 g/mol. The van der Waals surface area contributed by atoms with Gasteiger partial charge in [0, 0.05) is 71.3 Å². The minimum absolute atomic E-state index is 0. The maximum atomic E-state index is 6.81. The zero-order valence-corrected chi connectivity index (χ0v) is 79.9. The first-order valence-electron chi connectivity index (χ1n) is 48.1. The number of aromatic nitrogens is 6. The van der Waals surface area contributed by atoms with Gasteiger partial charge < -0.3 is 18.1 Å². The molecule has 27 rings (SSSR count). The summed E-state index contributed by atoms with van der Waals surface area (Å²) in [6, 6.07) is 151. The lowest BCUT2D eigenvalue weighted by Crippen LogP contribution is -2.41. The van der Waals surface area contributed by atoms with Crippen LogP contribution in [0.15, 0.2) is 433 Å². The number of benzene rings is 18. The summed E-state index contributed by atoms with van der Waals surface area (Å²) in [4.78, 5) is 29.2. The molecule has 5 aliphatic rings. The predicted molar refractivity (Wildman–Crippen MR) is 578 cm³/mol. The van der Waals surface area contributed by atoms with Gasteiger partial charge in [-0.3, -0.25) is 4.70 Å². The molecule has 0 saturated carbocycles. The summed E-state index contributed by atoms with van der Waals surface area (Å²) < 4.78 is 26.8. The molecule has 0 N–H and O–H groups in total. The second-order valence-electron chi connectivity index (χ2n) is 39.3. The highest BCUT2D eigenvalue weighted by molar-refractivity contribution is 6.64. The highest BCUT2D eigenvalue weighted by Crippen LogP contribution is 2.66. The first-order valence-corrected chi connectivity index (χ1v) is 48.4. The summed E-state index contributed by atoms with van der Waals surface area (Å²) in [6.07, 6.45) is 0. The fourth-order valence-corrected chi connectivity index (χ4v) is 23.2. The molecule has 0 unspecified atom stereocenters. The van der Waals surface area contributed by atoms with Crippen LogP contribution < -0.4 is 5.46 Å². The summed E-state index contributed by atoms with van der Waals surface area (Å²) in [7, 11) is -0.508. The van der Waals surface area contributed by atoms with Gasteiger partial charge in [0.05, 0.1) is 22.0 Å². The molecule has 4 aromatic heterocycles. The normalized spacial score (nSPS) is 14.8. The molecule has 13 heteroatoms. The molecule has 0 radical (unpaired) electrons. The van der Waals surface area contributed by atoms with Crippen molar-refractivity contribution < 1.29 is 22.8 Å². The quantitative estimate of drug-likeness (QED) is 0.122. The molecule has 1 saturated heterocycles. The van der Waals surface area contributed by atoms with Gasteiger partial charge in [0.15, 0.2) is 29.1 Å². The van der Waals surface area contributed by atoms with Gasteiger partial charge in [0.2, 0.25) is 5.28 Å².